The number of carbonyl (C=O) groups excluding carboxylic acids is 1. The summed E-state index contributed by atoms with van der Waals surface area (Å²) in [7, 11) is 0. The summed E-state index contributed by atoms with van der Waals surface area (Å²) in [6, 6.07) is 10.6. The Labute approximate surface area is 156 Å². The van der Waals surface area contributed by atoms with Gasteiger partial charge in [0, 0.05) is 5.56 Å². The lowest BCUT2D eigenvalue weighted by atomic mass is 10.00. The molecule has 0 unspecified atom stereocenters. The molecule has 2 aromatic rings. The Kier molecular flexibility index (Phi) is 6.60. The lowest BCUT2D eigenvalue weighted by Gasteiger charge is -2.14. The number of amides is 1. The molecule has 0 fully saturated rings. The average molecular weight is 378 g/mol. The third kappa shape index (κ3) is 5.84. The van der Waals surface area contributed by atoms with Crippen molar-refractivity contribution in [2.75, 3.05) is 6.61 Å². The Hall–Kier alpha value is -2.83. The van der Waals surface area contributed by atoms with Crippen molar-refractivity contribution in [3.63, 3.8) is 0 Å². The summed E-state index contributed by atoms with van der Waals surface area (Å²) in [5, 5.41) is 3.60. The molecule has 144 valence electrons. The zero-order valence-electron chi connectivity index (χ0n) is 15.3. The van der Waals surface area contributed by atoms with Crippen LogP contribution in [0.4, 0.5) is 13.2 Å². The standard InChI is InChI=1S/C20H21F3N2O2/c1-13(2)16-10-14(3)8-9-18(16)27-12-19(26)25-24-11-15-6-4-5-7-17(15)20(21,22)23/h4-11,13H,12H2,1-3H3,(H,25,26)/b24-11+. The number of hydrazone groups is 1. The highest BCUT2D eigenvalue weighted by atomic mass is 19.4. The zero-order chi connectivity index (χ0) is 20.0. The number of nitrogens with one attached hydrogen (secondary N) is 1. The van der Waals surface area contributed by atoms with E-state index in [1.807, 2.05) is 32.9 Å². The van der Waals surface area contributed by atoms with Crippen LogP contribution in [0.15, 0.2) is 47.6 Å². The molecule has 0 saturated carbocycles. The fraction of sp³-hybridized carbons (Fsp3) is 0.300. The maximum Gasteiger partial charge on any atom is 0.417 e. The van der Waals surface area contributed by atoms with Gasteiger partial charge in [0.25, 0.3) is 5.91 Å². The number of carbonyl (C=O) groups is 1. The van der Waals surface area contributed by atoms with Gasteiger partial charge in [0.05, 0.1) is 11.8 Å². The van der Waals surface area contributed by atoms with Crippen molar-refractivity contribution in [1.82, 2.24) is 5.43 Å². The molecule has 0 bridgehead atoms. The summed E-state index contributed by atoms with van der Waals surface area (Å²) in [5.41, 5.74) is 3.29. The van der Waals surface area contributed by atoms with Crippen LogP contribution in [0.3, 0.4) is 0 Å². The molecule has 0 aromatic heterocycles. The molecule has 0 spiro atoms. The van der Waals surface area contributed by atoms with Gasteiger partial charge in [-0.05, 0) is 30.5 Å². The molecule has 0 heterocycles. The van der Waals surface area contributed by atoms with Crippen LogP contribution in [0.2, 0.25) is 0 Å². The van der Waals surface area contributed by atoms with Gasteiger partial charge in [-0.1, -0.05) is 49.7 Å². The van der Waals surface area contributed by atoms with E-state index in [9.17, 15) is 18.0 Å². The van der Waals surface area contributed by atoms with Gasteiger partial charge in [-0.2, -0.15) is 18.3 Å². The fourth-order valence-electron chi connectivity index (χ4n) is 2.47. The highest BCUT2D eigenvalue weighted by Crippen LogP contribution is 2.31. The molecule has 0 atom stereocenters. The van der Waals surface area contributed by atoms with E-state index in [0.717, 1.165) is 23.4 Å². The first kappa shape index (κ1) is 20.5. The van der Waals surface area contributed by atoms with Crippen molar-refractivity contribution < 1.29 is 22.7 Å². The van der Waals surface area contributed by atoms with Crippen molar-refractivity contribution in [3.8, 4) is 5.75 Å². The third-order valence-corrected chi connectivity index (χ3v) is 3.81. The first-order valence-electron chi connectivity index (χ1n) is 8.40. The number of ether oxygens (including phenoxy) is 1. The normalized spacial score (nSPS) is 11.8. The minimum atomic E-state index is -4.49. The number of nitrogens with zero attached hydrogens (tertiary/aromatic N) is 1. The Morgan fingerprint density at radius 1 is 1.22 bits per heavy atom. The Morgan fingerprint density at radius 2 is 1.93 bits per heavy atom. The molecule has 4 nitrogen and oxygen atoms in total. The van der Waals surface area contributed by atoms with E-state index in [1.54, 1.807) is 6.07 Å². The average Bonchev–Trinajstić information content (AvgIpc) is 2.60. The predicted octanol–water partition coefficient (Wildman–Crippen LogP) is 4.67. The molecule has 0 aliphatic rings. The largest absolute Gasteiger partial charge is 0.483 e. The fourth-order valence-corrected chi connectivity index (χ4v) is 2.47. The van der Waals surface area contributed by atoms with Crippen LogP contribution in [0, 0.1) is 6.92 Å². The van der Waals surface area contributed by atoms with Crippen molar-refractivity contribution in [3.05, 3.63) is 64.7 Å². The summed E-state index contributed by atoms with van der Waals surface area (Å²) >= 11 is 0. The summed E-state index contributed by atoms with van der Waals surface area (Å²) < 4.78 is 44.2. The van der Waals surface area contributed by atoms with Crippen LogP contribution in [0.25, 0.3) is 0 Å². The number of halogens is 3. The molecule has 2 rings (SSSR count). The Balaban J connectivity index is 1.97. The van der Waals surface area contributed by atoms with Crippen molar-refractivity contribution in [2.24, 2.45) is 5.10 Å². The highest BCUT2D eigenvalue weighted by Gasteiger charge is 2.32. The maximum atomic E-state index is 12.9. The second-order valence-corrected chi connectivity index (χ2v) is 6.36. The van der Waals surface area contributed by atoms with Crippen molar-refractivity contribution in [1.29, 1.82) is 0 Å². The molecule has 1 N–H and O–H groups in total. The molecule has 1 amide bonds. The summed E-state index contributed by atoms with van der Waals surface area (Å²) in [6.45, 7) is 5.71. The van der Waals surface area contributed by atoms with Crippen LogP contribution in [0.5, 0.6) is 5.75 Å². The summed E-state index contributed by atoms with van der Waals surface area (Å²) in [6.07, 6.45) is -3.53. The molecule has 2 aromatic carbocycles. The molecule has 0 aliphatic carbocycles. The van der Waals surface area contributed by atoms with Crippen LogP contribution in [-0.4, -0.2) is 18.7 Å². The van der Waals surface area contributed by atoms with E-state index in [1.165, 1.54) is 18.2 Å². The molecular formula is C20H21F3N2O2. The van der Waals surface area contributed by atoms with Gasteiger partial charge in [0.2, 0.25) is 0 Å². The van der Waals surface area contributed by atoms with Gasteiger partial charge in [0.15, 0.2) is 6.61 Å². The first-order chi connectivity index (χ1) is 12.7. The number of alkyl halides is 3. The van der Waals surface area contributed by atoms with Gasteiger partial charge in [-0.3, -0.25) is 4.79 Å². The number of aryl methyl sites for hydroxylation is 1. The lowest BCUT2D eigenvalue weighted by molar-refractivity contribution is -0.137. The maximum absolute atomic E-state index is 12.9. The lowest BCUT2D eigenvalue weighted by Crippen LogP contribution is -2.25. The zero-order valence-corrected chi connectivity index (χ0v) is 15.3. The topological polar surface area (TPSA) is 50.7 Å². The van der Waals surface area contributed by atoms with Gasteiger partial charge in [0.1, 0.15) is 5.75 Å². The Bertz CT molecular complexity index is 830. The number of hydrogen-bond donors (Lipinski definition) is 1. The second-order valence-electron chi connectivity index (χ2n) is 6.36. The minimum absolute atomic E-state index is 0.133. The predicted molar refractivity (Wildman–Crippen MR) is 97.9 cm³/mol. The monoisotopic (exact) mass is 378 g/mol. The van der Waals surface area contributed by atoms with Crippen molar-refractivity contribution in [2.45, 2.75) is 32.9 Å². The van der Waals surface area contributed by atoms with Gasteiger partial charge < -0.3 is 4.74 Å². The van der Waals surface area contributed by atoms with Gasteiger partial charge in [-0.15, -0.1) is 0 Å². The van der Waals surface area contributed by atoms with Gasteiger partial charge >= 0.3 is 6.18 Å². The summed E-state index contributed by atoms with van der Waals surface area (Å²) in [4.78, 5) is 11.9. The molecule has 27 heavy (non-hydrogen) atoms. The van der Waals surface area contributed by atoms with Crippen LogP contribution in [-0.2, 0) is 11.0 Å². The number of rotatable bonds is 6. The smallest absolute Gasteiger partial charge is 0.417 e. The number of hydrogen-bond acceptors (Lipinski definition) is 3. The van der Waals surface area contributed by atoms with E-state index in [-0.39, 0.29) is 18.1 Å². The quantitative estimate of drug-likeness (QED) is 0.587. The minimum Gasteiger partial charge on any atom is -0.483 e. The van der Waals surface area contributed by atoms with Crippen LogP contribution >= 0.6 is 0 Å². The van der Waals surface area contributed by atoms with Crippen LogP contribution in [0.1, 0.15) is 42.0 Å². The highest BCUT2D eigenvalue weighted by molar-refractivity contribution is 5.84. The van der Waals surface area contributed by atoms with Crippen molar-refractivity contribution >= 4 is 12.1 Å². The second kappa shape index (κ2) is 8.70. The third-order valence-electron chi connectivity index (χ3n) is 3.81. The summed E-state index contributed by atoms with van der Waals surface area (Å²) in [5.74, 6) is 0.253. The van der Waals surface area contributed by atoms with E-state index in [4.69, 9.17) is 4.74 Å². The van der Waals surface area contributed by atoms with E-state index >= 15 is 0 Å². The van der Waals surface area contributed by atoms with Crippen LogP contribution < -0.4 is 10.2 Å². The SMILES string of the molecule is Cc1ccc(OCC(=O)N/N=C/c2ccccc2C(F)(F)F)c(C(C)C)c1. The van der Waals surface area contributed by atoms with E-state index in [0.29, 0.717) is 5.75 Å². The van der Waals surface area contributed by atoms with E-state index < -0.39 is 17.6 Å². The molecular weight excluding hydrogens is 357 g/mol. The molecule has 0 saturated heterocycles. The van der Waals surface area contributed by atoms with Gasteiger partial charge in [-0.25, -0.2) is 5.43 Å². The Morgan fingerprint density at radius 3 is 2.59 bits per heavy atom. The van der Waals surface area contributed by atoms with E-state index in [2.05, 4.69) is 10.5 Å². The molecule has 0 radical (unpaired) electrons. The molecule has 0 aliphatic heterocycles. The number of benzene rings is 2. The molecule has 7 heteroatoms. The first-order valence-corrected chi connectivity index (χ1v) is 8.40.